The molecule has 0 aliphatic carbocycles. The van der Waals surface area contributed by atoms with E-state index in [0.717, 1.165) is 6.54 Å². The molecule has 6 nitrogen and oxygen atoms in total. The van der Waals surface area contributed by atoms with Crippen molar-refractivity contribution in [3.05, 3.63) is 72.6 Å². The van der Waals surface area contributed by atoms with Gasteiger partial charge in [-0.3, -0.25) is 4.79 Å². The number of nitrogens with two attached hydrogens (primary N) is 1. The van der Waals surface area contributed by atoms with Crippen LogP contribution in [0.5, 0.6) is 0 Å². The molecule has 2 unspecified atom stereocenters. The zero-order chi connectivity index (χ0) is 21.3. The summed E-state index contributed by atoms with van der Waals surface area (Å²) in [7, 11) is -1.50. The van der Waals surface area contributed by atoms with Gasteiger partial charge in [-0.05, 0) is 15.8 Å². The molecule has 1 radical (unpaired) electrons. The van der Waals surface area contributed by atoms with Crippen molar-refractivity contribution in [2.75, 3.05) is 11.4 Å². The summed E-state index contributed by atoms with van der Waals surface area (Å²) in [6.45, 7) is 7.39. The summed E-state index contributed by atoms with van der Waals surface area (Å²) in [6.07, 6.45) is 1.10. The first-order chi connectivity index (χ1) is 14.3. The van der Waals surface area contributed by atoms with Crippen molar-refractivity contribution in [1.82, 2.24) is 4.98 Å². The number of anilines is 1. The fourth-order valence-corrected chi connectivity index (χ4v) is 5.76. The smallest absolute Gasteiger partial charge is 0.300 e. The van der Waals surface area contributed by atoms with Gasteiger partial charge in [0.1, 0.15) is 12.5 Å². The lowest BCUT2D eigenvalue weighted by Gasteiger charge is -2.53. The first-order valence-electron chi connectivity index (χ1n) is 10.0. The van der Waals surface area contributed by atoms with Gasteiger partial charge in [0.2, 0.25) is 0 Å². The fraction of sp³-hybridized carbons (Fsp3) is 0.304. The lowest BCUT2D eigenvalue weighted by molar-refractivity contribution is 0.000405. The number of primary amides is 1. The van der Waals surface area contributed by atoms with Crippen molar-refractivity contribution < 1.29 is 13.6 Å². The Bertz CT molecular complexity index is 962. The highest BCUT2D eigenvalue weighted by molar-refractivity contribution is 6.80. The van der Waals surface area contributed by atoms with Crippen LogP contribution >= 0.6 is 0 Å². The van der Waals surface area contributed by atoms with Gasteiger partial charge in [-0.15, -0.1) is 0 Å². The number of amides is 1. The van der Waals surface area contributed by atoms with E-state index in [1.165, 1.54) is 16.6 Å². The predicted octanol–water partition coefficient (Wildman–Crippen LogP) is 2.40. The molecule has 2 heterocycles. The van der Waals surface area contributed by atoms with E-state index in [9.17, 15) is 4.79 Å². The Morgan fingerprint density at radius 1 is 1.10 bits per heavy atom. The molecule has 30 heavy (non-hydrogen) atoms. The zero-order valence-corrected chi connectivity index (χ0v) is 18.4. The molecule has 1 saturated heterocycles. The molecule has 0 bridgehead atoms. The number of rotatable bonds is 6. The molecule has 0 spiro atoms. The lowest BCUT2D eigenvalue weighted by Crippen LogP contribution is -2.65. The SMILES string of the molecule is CC(C)(C)C1CN(c2nc(C(N)=O)co2)C1O[Si](c1ccccc1)c1ccccc1. The highest BCUT2D eigenvalue weighted by Crippen LogP contribution is 2.42. The number of nitrogens with zero attached hydrogens (tertiary/aromatic N) is 2. The first-order valence-corrected chi connectivity index (χ1v) is 11.4. The van der Waals surface area contributed by atoms with Crippen molar-refractivity contribution in [1.29, 1.82) is 0 Å². The van der Waals surface area contributed by atoms with E-state index in [1.807, 2.05) is 41.3 Å². The van der Waals surface area contributed by atoms with Crippen molar-refractivity contribution in [2.45, 2.75) is 27.0 Å². The van der Waals surface area contributed by atoms with Crippen molar-refractivity contribution in [2.24, 2.45) is 17.1 Å². The summed E-state index contributed by atoms with van der Waals surface area (Å²) >= 11 is 0. The van der Waals surface area contributed by atoms with Crippen LogP contribution in [0.2, 0.25) is 0 Å². The van der Waals surface area contributed by atoms with Crippen LogP contribution in [0.25, 0.3) is 0 Å². The lowest BCUT2D eigenvalue weighted by atomic mass is 9.74. The third-order valence-electron chi connectivity index (χ3n) is 5.46. The average molecular weight is 421 g/mol. The van der Waals surface area contributed by atoms with Gasteiger partial charge in [0.25, 0.3) is 21.0 Å². The second-order valence-electron chi connectivity index (χ2n) is 8.57. The molecular weight excluding hydrogens is 394 g/mol. The zero-order valence-electron chi connectivity index (χ0n) is 17.4. The Balaban J connectivity index is 1.67. The quantitative estimate of drug-likeness (QED) is 0.620. The van der Waals surface area contributed by atoms with Crippen LogP contribution < -0.4 is 21.0 Å². The second kappa shape index (κ2) is 8.08. The molecule has 1 aromatic heterocycles. The van der Waals surface area contributed by atoms with E-state index in [0.29, 0.717) is 6.01 Å². The first kappa shape index (κ1) is 20.4. The Hall–Kier alpha value is -2.90. The number of carbonyl (C=O) groups is 1. The van der Waals surface area contributed by atoms with Crippen molar-refractivity contribution in [3.8, 4) is 0 Å². The maximum absolute atomic E-state index is 11.5. The summed E-state index contributed by atoms with van der Waals surface area (Å²) in [5.74, 6) is -0.317. The molecule has 155 valence electrons. The van der Waals surface area contributed by atoms with Gasteiger partial charge in [0.05, 0.1) is 0 Å². The fourth-order valence-electron chi connectivity index (χ4n) is 3.63. The van der Waals surface area contributed by atoms with Crippen LogP contribution in [0.15, 0.2) is 71.3 Å². The molecule has 1 aliphatic rings. The standard InChI is InChI=1S/C23H26N3O3Si/c1-23(2,3)18-14-26(22-25-19(15-28-22)20(24)27)21(18)29-30(16-10-6-4-7-11-16)17-12-8-5-9-13-17/h4-13,15,18,21H,14H2,1-3H3,(H2,24,27). The highest BCUT2D eigenvalue weighted by atomic mass is 28.3. The number of benzene rings is 2. The Kier molecular flexibility index (Phi) is 5.49. The number of hydrogen-bond acceptors (Lipinski definition) is 5. The molecule has 4 rings (SSSR count). The minimum Gasteiger partial charge on any atom is -0.431 e. The highest BCUT2D eigenvalue weighted by Gasteiger charge is 2.49. The molecule has 2 aromatic carbocycles. The molecule has 1 amide bonds. The molecule has 1 aliphatic heterocycles. The monoisotopic (exact) mass is 420 g/mol. The van der Waals surface area contributed by atoms with E-state index >= 15 is 0 Å². The van der Waals surface area contributed by atoms with E-state index in [-0.39, 0.29) is 23.3 Å². The maximum atomic E-state index is 11.5. The largest absolute Gasteiger partial charge is 0.431 e. The minimum absolute atomic E-state index is 0.0423. The average Bonchev–Trinajstić information content (AvgIpc) is 3.18. The van der Waals surface area contributed by atoms with E-state index in [2.05, 4.69) is 50.0 Å². The van der Waals surface area contributed by atoms with Crippen LogP contribution in [0.1, 0.15) is 31.3 Å². The molecular formula is C23H26N3O3Si. The Morgan fingerprint density at radius 2 is 1.67 bits per heavy atom. The van der Waals surface area contributed by atoms with E-state index in [4.69, 9.17) is 14.6 Å². The second-order valence-corrected chi connectivity index (χ2v) is 10.6. The summed E-state index contributed by atoms with van der Waals surface area (Å²) < 4.78 is 12.4. The molecule has 7 heteroatoms. The van der Waals surface area contributed by atoms with Gasteiger partial charge < -0.3 is 19.5 Å². The van der Waals surface area contributed by atoms with Gasteiger partial charge in [-0.1, -0.05) is 81.4 Å². The summed E-state index contributed by atoms with van der Waals surface area (Å²) in [6, 6.07) is 21.0. The maximum Gasteiger partial charge on any atom is 0.300 e. The number of aromatic nitrogens is 1. The van der Waals surface area contributed by atoms with Gasteiger partial charge in [0.15, 0.2) is 5.69 Å². The number of hydrogen-bond donors (Lipinski definition) is 1. The number of oxazole rings is 1. The molecule has 2 atom stereocenters. The van der Waals surface area contributed by atoms with Crippen LogP contribution in [0.4, 0.5) is 6.01 Å². The third kappa shape index (κ3) is 4.03. The predicted molar refractivity (Wildman–Crippen MR) is 118 cm³/mol. The molecule has 3 aromatic rings. The van der Waals surface area contributed by atoms with Crippen LogP contribution in [0, 0.1) is 11.3 Å². The third-order valence-corrected chi connectivity index (χ3v) is 7.65. The van der Waals surface area contributed by atoms with Gasteiger partial charge in [-0.2, -0.15) is 4.98 Å². The topological polar surface area (TPSA) is 81.6 Å². The van der Waals surface area contributed by atoms with Crippen molar-refractivity contribution >= 4 is 31.3 Å². The molecule has 2 N–H and O–H groups in total. The van der Waals surface area contributed by atoms with Crippen molar-refractivity contribution in [3.63, 3.8) is 0 Å². The van der Waals surface area contributed by atoms with Crippen LogP contribution in [0.3, 0.4) is 0 Å². The molecule has 1 fully saturated rings. The summed E-state index contributed by atoms with van der Waals surface area (Å²) in [5, 5.41) is 2.36. The van der Waals surface area contributed by atoms with Crippen LogP contribution in [-0.2, 0) is 4.43 Å². The Labute approximate surface area is 178 Å². The summed E-state index contributed by atoms with van der Waals surface area (Å²) in [5.41, 5.74) is 5.51. The van der Waals surface area contributed by atoms with E-state index in [1.54, 1.807) is 0 Å². The van der Waals surface area contributed by atoms with Crippen LogP contribution in [-0.4, -0.2) is 32.7 Å². The van der Waals surface area contributed by atoms with E-state index < -0.39 is 14.9 Å². The normalized spacial score (nSPS) is 19.0. The Morgan fingerprint density at radius 3 is 2.13 bits per heavy atom. The van der Waals surface area contributed by atoms with Gasteiger partial charge in [-0.25, -0.2) is 0 Å². The summed E-state index contributed by atoms with van der Waals surface area (Å²) in [4.78, 5) is 17.7. The minimum atomic E-state index is -1.50. The number of carbonyl (C=O) groups excluding carboxylic acids is 1. The van der Waals surface area contributed by atoms with Gasteiger partial charge >= 0.3 is 0 Å². The van der Waals surface area contributed by atoms with Gasteiger partial charge in [0, 0.05) is 12.5 Å². The molecule has 0 saturated carbocycles.